The summed E-state index contributed by atoms with van der Waals surface area (Å²) in [6.45, 7) is 3.89. The molecule has 0 saturated carbocycles. The SMILES string of the molecule is CC1CCc2cc(C3=NCCN3N)cnc2C1. The van der Waals surface area contributed by atoms with Crippen molar-refractivity contribution < 1.29 is 0 Å². The minimum Gasteiger partial charge on any atom is -0.293 e. The molecule has 0 bridgehead atoms. The molecule has 0 aromatic carbocycles. The molecular weight excluding hydrogens is 212 g/mol. The van der Waals surface area contributed by atoms with Gasteiger partial charge in [0, 0.05) is 17.5 Å². The van der Waals surface area contributed by atoms with E-state index in [1.165, 1.54) is 17.7 Å². The molecule has 2 aliphatic rings. The number of rotatable bonds is 1. The minimum absolute atomic E-state index is 0.760. The highest BCUT2D eigenvalue weighted by Crippen LogP contribution is 2.24. The van der Waals surface area contributed by atoms with Crippen LogP contribution < -0.4 is 5.84 Å². The first-order chi connectivity index (χ1) is 8.24. The van der Waals surface area contributed by atoms with E-state index in [2.05, 4.69) is 23.0 Å². The number of hydrogen-bond acceptors (Lipinski definition) is 4. The standard InChI is InChI=1S/C13H18N4/c1-9-2-3-10-7-11(8-16-12(10)6-9)13-15-4-5-17(13)14/h7-9H,2-6,14H2,1H3. The van der Waals surface area contributed by atoms with Crippen LogP contribution in [0.25, 0.3) is 0 Å². The van der Waals surface area contributed by atoms with Crippen molar-refractivity contribution in [2.24, 2.45) is 16.8 Å². The van der Waals surface area contributed by atoms with E-state index in [1.54, 1.807) is 5.01 Å². The number of hydrazine groups is 1. The number of aliphatic imine (C=N–C) groups is 1. The van der Waals surface area contributed by atoms with Crippen LogP contribution in [0, 0.1) is 5.92 Å². The average Bonchev–Trinajstić information content (AvgIpc) is 2.75. The summed E-state index contributed by atoms with van der Waals surface area (Å²) >= 11 is 0. The van der Waals surface area contributed by atoms with Gasteiger partial charge in [-0.25, -0.2) is 5.84 Å². The van der Waals surface area contributed by atoms with Gasteiger partial charge in [-0.3, -0.25) is 15.0 Å². The van der Waals surface area contributed by atoms with Gasteiger partial charge in [-0.05, 0) is 36.8 Å². The molecule has 4 nitrogen and oxygen atoms in total. The molecule has 1 aromatic rings. The fraction of sp³-hybridized carbons (Fsp3) is 0.538. The second kappa shape index (κ2) is 4.11. The lowest BCUT2D eigenvalue weighted by Gasteiger charge is -2.21. The molecule has 4 heteroatoms. The number of fused-ring (bicyclic) bond motifs is 1. The van der Waals surface area contributed by atoms with Crippen LogP contribution in [-0.4, -0.2) is 28.9 Å². The lowest BCUT2D eigenvalue weighted by atomic mass is 9.87. The predicted octanol–water partition coefficient (Wildman–Crippen LogP) is 1.14. The summed E-state index contributed by atoms with van der Waals surface area (Å²) < 4.78 is 0. The smallest absolute Gasteiger partial charge is 0.146 e. The number of nitrogens with two attached hydrogens (primary N) is 1. The number of hydrogen-bond donors (Lipinski definition) is 1. The lowest BCUT2D eigenvalue weighted by molar-refractivity contribution is 0.482. The quantitative estimate of drug-likeness (QED) is 0.736. The van der Waals surface area contributed by atoms with E-state index in [9.17, 15) is 0 Å². The third-order valence-corrected chi connectivity index (χ3v) is 3.64. The van der Waals surface area contributed by atoms with E-state index in [0.717, 1.165) is 43.2 Å². The van der Waals surface area contributed by atoms with E-state index >= 15 is 0 Å². The summed E-state index contributed by atoms with van der Waals surface area (Å²) in [5.41, 5.74) is 3.71. The van der Waals surface area contributed by atoms with Crippen LogP contribution >= 0.6 is 0 Å². The van der Waals surface area contributed by atoms with Crippen LogP contribution in [0.1, 0.15) is 30.2 Å². The Balaban J connectivity index is 1.93. The molecule has 1 atom stereocenters. The van der Waals surface area contributed by atoms with E-state index in [0.29, 0.717) is 0 Å². The van der Waals surface area contributed by atoms with Crippen LogP contribution in [0.2, 0.25) is 0 Å². The minimum atomic E-state index is 0.760. The monoisotopic (exact) mass is 230 g/mol. The van der Waals surface area contributed by atoms with Gasteiger partial charge in [0.05, 0.1) is 13.1 Å². The number of amidine groups is 1. The molecule has 1 aliphatic heterocycles. The van der Waals surface area contributed by atoms with E-state index in [4.69, 9.17) is 5.84 Å². The Kier molecular flexibility index (Phi) is 2.59. The van der Waals surface area contributed by atoms with Crippen molar-refractivity contribution in [2.75, 3.05) is 13.1 Å². The molecule has 2 heterocycles. The maximum atomic E-state index is 5.88. The molecular formula is C13H18N4. The number of aromatic nitrogens is 1. The zero-order valence-corrected chi connectivity index (χ0v) is 10.2. The Labute approximate surface area is 102 Å². The van der Waals surface area contributed by atoms with Gasteiger partial charge in [0.25, 0.3) is 0 Å². The van der Waals surface area contributed by atoms with Gasteiger partial charge in [0.2, 0.25) is 0 Å². The molecule has 1 aliphatic carbocycles. The van der Waals surface area contributed by atoms with Crippen LogP contribution in [0.5, 0.6) is 0 Å². The van der Waals surface area contributed by atoms with Crippen molar-refractivity contribution in [3.8, 4) is 0 Å². The second-order valence-electron chi connectivity index (χ2n) is 5.08. The van der Waals surface area contributed by atoms with Crippen molar-refractivity contribution in [2.45, 2.75) is 26.2 Å². The van der Waals surface area contributed by atoms with Crippen molar-refractivity contribution >= 4 is 5.84 Å². The molecule has 3 rings (SSSR count). The average molecular weight is 230 g/mol. The first kappa shape index (κ1) is 10.7. The summed E-state index contributed by atoms with van der Waals surface area (Å²) in [7, 11) is 0. The molecule has 0 spiro atoms. The molecule has 17 heavy (non-hydrogen) atoms. The summed E-state index contributed by atoms with van der Waals surface area (Å²) in [5.74, 6) is 7.53. The summed E-state index contributed by atoms with van der Waals surface area (Å²) in [6, 6.07) is 2.22. The van der Waals surface area contributed by atoms with Crippen LogP contribution in [-0.2, 0) is 12.8 Å². The lowest BCUT2D eigenvalue weighted by Crippen LogP contribution is -2.35. The Morgan fingerprint density at radius 2 is 2.35 bits per heavy atom. The Bertz CT molecular complexity index is 466. The molecule has 0 amide bonds. The predicted molar refractivity (Wildman–Crippen MR) is 67.7 cm³/mol. The van der Waals surface area contributed by atoms with Gasteiger partial charge in [0.1, 0.15) is 5.84 Å². The molecule has 0 radical (unpaired) electrons. The van der Waals surface area contributed by atoms with Gasteiger partial charge in [-0.15, -0.1) is 0 Å². The van der Waals surface area contributed by atoms with Gasteiger partial charge in [-0.2, -0.15) is 0 Å². The summed E-state index contributed by atoms with van der Waals surface area (Å²) in [5, 5.41) is 1.72. The van der Waals surface area contributed by atoms with Gasteiger partial charge >= 0.3 is 0 Å². The molecule has 90 valence electrons. The van der Waals surface area contributed by atoms with Gasteiger partial charge in [-0.1, -0.05) is 6.92 Å². The van der Waals surface area contributed by atoms with Crippen LogP contribution in [0.15, 0.2) is 17.3 Å². The summed E-state index contributed by atoms with van der Waals surface area (Å²) in [6.07, 6.45) is 5.42. The fourth-order valence-corrected chi connectivity index (χ4v) is 2.61. The number of nitrogens with zero attached hydrogens (tertiary/aromatic N) is 3. The van der Waals surface area contributed by atoms with E-state index in [-0.39, 0.29) is 0 Å². The molecule has 1 aromatic heterocycles. The van der Waals surface area contributed by atoms with Crippen molar-refractivity contribution in [3.05, 3.63) is 29.1 Å². The molecule has 0 saturated heterocycles. The highest BCUT2D eigenvalue weighted by Gasteiger charge is 2.20. The second-order valence-corrected chi connectivity index (χ2v) is 5.08. The Morgan fingerprint density at radius 3 is 3.12 bits per heavy atom. The van der Waals surface area contributed by atoms with E-state index in [1.807, 2.05) is 6.20 Å². The normalized spacial score (nSPS) is 23.5. The van der Waals surface area contributed by atoms with Crippen LogP contribution in [0.3, 0.4) is 0 Å². The first-order valence-corrected chi connectivity index (χ1v) is 6.29. The van der Waals surface area contributed by atoms with E-state index < -0.39 is 0 Å². The summed E-state index contributed by atoms with van der Waals surface area (Å²) in [4.78, 5) is 9.01. The third-order valence-electron chi connectivity index (χ3n) is 3.64. The van der Waals surface area contributed by atoms with Crippen LogP contribution in [0.4, 0.5) is 0 Å². The Hall–Kier alpha value is -1.42. The molecule has 1 unspecified atom stereocenters. The fourth-order valence-electron chi connectivity index (χ4n) is 2.61. The van der Waals surface area contributed by atoms with Crippen molar-refractivity contribution in [1.29, 1.82) is 0 Å². The van der Waals surface area contributed by atoms with Gasteiger partial charge < -0.3 is 0 Å². The molecule has 2 N–H and O–H groups in total. The maximum Gasteiger partial charge on any atom is 0.146 e. The van der Waals surface area contributed by atoms with Crippen molar-refractivity contribution in [1.82, 2.24) is 9.99 Å². The third kappa shape index (κ3) is 1.93. The van der Waals surface area contributed by atoms with Crippen molar-refractivity contribution in [3.63, 3.8) is 0 Å². The van der Waals surface area contributed by atoms with Gasteiger partial charge in [0.15, 0.2) is 0 Å². The highest BCUT2D eigenvalue weighted by atomic mass is 15.5. The number of aryl methyl sites for hydroxylation is 1. The maximum absolute atomic E-state index is 5.88. The number of pyridine rings is 1. The first-order valence-electron chi connectivity index (χ1n) is 6.29. The Morgan fingerprint density at radius 1 is 1.47 bits per heavy atom. The molecule has 0 fully saturated rings. The topological polar surface area (TPSA) is 54.5 Å². The zero-order chi connectivity index (χ0) is 11.8. The highest BCUT2D eigenvalue weighted by molar-refractivity contribution is 5.99. The largest absolute Gasteiger partial charge is 0.293 e. The zero-order valence-electron chi connectivity index (χ0n) is 10.2.